The average molecular weight is 466 g/mol. The van der Waals surface area contributed by atoms with Gasteiger partial charge in [0.1, 0.15) is 16.5 Å². The highest BCUT2D eigenvalue weighted by Gasteiger charge is 2.16. The van der Waals surface area contributed by atoms with E-state index in [1.165, 1.54) is 5.56 Å². The number of aryl methyl sites for hydroxylation is 1. The van der Waals surface area contributed by atoms with E-state index >= 15 is 0 Å². The van der Waals surface area contributed by atoms with Crippen LogP contribution in [-0.2, 0) is 0 Å². The SMILES string of the molecule is Cc1nc(-c2ccccn2)nc(NC[C@H](NCCCN2CCNCC2)c2ccccc2)c1Cl. The van der Waals surface area contributed by atoms with Crippen molar-refractivity contribution in [1.82, 2.24) is 30.5 Å². The second kappa shape index (κ2) is 12.0. The number of aromatic nitrogens is 3. The van der Waals surface area contributed by atoms with Gasteiger partial charge in [-0.25, -0.2) is 9.97 Å². The number of piperazine rings is 1. The van der Waals surface area contributed by atoms with Gasteiger partial charge < -0.3 is 20.9 Å². The molecule has 174 valence electrons. The van der Waals surface area contributed by atoms with E-state index in [4.69, 9.17) is 11.6 Å². The molecule has 3 aromatic rings. The molecule has 4 rings (SSSR count). The topological polar surface area (TPSA) is 78.0 Å². The van der Waals surface area contributed by atoms with E-state index in [2.05, 4.69) is 60.1 Å². The number of hydrogen-bond acceptors (Lipinski definition) is 7. The van der Waals surface area contributed by atoms with Crippen molar-refractivity contribution >= 4 is 17.4 Å². The molecule has 33 heavy (non-hydrogen) atoms. The third kappa shape index (κ3) is 6.71. The Morgan fingerprint density at radius 2 is 1.85 bits per heavy atom. The lowest BCUT2D eigenvalue weighted by Gasteiger charge is -2.27. The molecule has 1 fully saturated rings. The van der Waals surface area contributed by atoms with Gasteiger partial charge in [0.25, 0.3) is 0 Å². The maximum Gasteiger partial charge on any atom is 0.180 e. The highest BCUT2D eigenvalue weighted by atomic mass is 35.5. The molecule has 3 heterocycles. The van der Waals surface area contributed by atoms with Gasteiger partial charge >= 0.3 is 0 Å². The first-order valence-electron chi connectivity index (χ1n) is 11.6. The molecule has 3 N–H and O–H groups in total. The van der Waals surface area contributed by atoms with Gasteiger partial charge in [0.05, 0.1) is 5.69 Å². The van der Waals surface area contributed by atoms with Gasteiger partial charge in [-0.3, -0.25) is 4.98 Å². The normalized spacial score (nSPS) is 15.3. The van der Waals surface area contributed by atoms with E-state index in [0.717, 1.165) is 57.1 Å². The lowest BCUT2D eigenvalue weighted by molar-refractivity contribution is 0.237. The summed E-state index contributed by atoms with van der Waals surface area (Å²) in [6.45, 7) is 9.06. The minimum atomic E-state index is 0.138. The van der Waals surface area contributed by atoms with Crippen molar-refractivity contribution in [3.63, 3.8) is 0 Å². The largest absolute Gasteiger partial charge is 0.367 e. The first kappa shape index (κ1) is 23.6. The molecule has 0 radical (unpaired) electrons. The zero-order valence-electron chi connectivity index (χ0n) is 19.1. The number of benzene rings is 1. The molecule has 1 atom stereocenters. The summed E-state index contributed by atoms with van der Waals surface area (Å²) >= 11 is 6.56. The second-order valence-corrected chi connectivity index (χ2v) is 8.63. The van der Waals surface area contributed by atoms with Crippen LogP contribution in [0.5, 0.6) is 0 Å². The van der Waals surface area contributed by atoms with Gasteiger partial charge in [0.15, 0.2) is 5.82 Å². The molecule has 0 bridgehead atoms. The van der Waals surface area contributed by atoms with E-state index in [9.17, 15) is 0 Å². The highest BCUT2D eigenvalue weighted by Crippen LogP contribution is 2.26. The number of halogens is 1. The Morgan fingerprint density at radius 3 is 2.61 bits per heavy atom. The summed E-state index contributed by atoms with van der Waals surface area (Å²) in [5, 5.41) is 11.1. The van der Waals surface area contributed by atoms with Crippen molar-refractivity contribution in [2.75, 3.05) is 51.1 Å². The van der Waals surface area contributed by atoms with Crippen LogP contribution in [0.2, 0.25) is 5.02 Å². The van der Waals surface area contributed by atoms with E-state index in [1.807, 2.05) is 31.2 Å². The minimum absolute atomic E-state index is 0.138. The summed E-state index contributed by atoms with van der Waals surface area (Å²) in [6, 6.07) is 16.4. The predicted molar refractivity (Wildman–Crippen MR) is 135 cm³/mol. The van der Waals surface area contributed by atoms with Crippen molar-refractivity contribution in [2.45, 2.75) is 19.4 Å². The first-order valence-corrected chi connectivity index (χ1v) is 12.0. The molecular formula is C25H32ClN7. The Bertz CT molecular complexity index is 994. The Kier molecular flexibility index (Phi) is 8.60. The lowest BCUT2D eigenvalue weighted by Crippen LogP contribution is -2.44. The quantitative estimate of drug-likeness (QED) is 0.395. The zero-order chi connectivity index (χ0) is 22.9. The molecule has 1 saturated heterocycles. The summed E-state index contributed by atoms with van der Waals surface area (Å²) in [7, 11) is 0. The maximum absolute atomic E-state index is 6.56. The molecule has 7 nitrogen and oxygen atoms in total. The van der Waals surface area contributed by atoms with E-state index in [1.54, 1.807) is 6.20 Å². The molecule has 1 aliphatic rings. The molecule has 0 amide bonds. The van der Waals surface area contributed by atoms with Gasteiger partial charge in [-0.15, -0.1) is 0 Å². The third-order valence-corrected chi connectivity index (χ3v) is 6.29. The Labute approximate surface area is 201 Å². The van der Waals surface area contributed by atoms with Gasteiger partial charge in [-0.1, -0.05) is 48.0 Å². The van der Waals surface area contributed by atoms with E-state index in [0.29, 0.717) is 23.2 Å². The number of nitrogens with one attached hydrogen (secondary N) is 3. The van der Waals surface area contributed by atoms with Crippen LogP contribution in [0.1, 0.15) is 23.7 Å². The molecule has 1 aromatic carbocycles. The summed E-state index contributed by atoms with van der Waals surface area (Å²) < 4.78 is 0. The monoisotopic (exact) mass is 465 g/mol. The van der Waals surface area contributed by atoms with Gasteiger partial charge in [0.2, 0.25) is 0 Å². The number of pyridine rings is 1. The molecule has 0 saturated carbocycles. The van der Waals surface area contributed by atoms with Crippen LogP contribution in [0.4, 0.5) is 5.82 Å². The average Bonchev–Trinajstić information content (AvgIpc) is 2.87. The Morgan fingerprint density at radius 1 is 1.06 bits per heavy atom. The molecule has 8 heteroatoms. The van der Waals surface area contributed by atoms with Gasteiger partial charge in [-0.05, 0) is 44.1 Å². The van der Waals surface area contributed by atoms with Crippen LogP contribution in [0.3, 0.4) is 0 Å². The maximum atomic E-state index is 6.56. The number of hydrogen-bond donors (Lipinski definition) is 3. The van der Waals surface area contributed by atoms with Crippen LogP contribution >= 0.6 is 11.6 Å². The molecule has 0 aliphatic carbocycles. The van der Waals surface area contributed by atoms with E-state index < -0.39 is 0 Å². The molecule has 0 spiro atoms. The zero-order valence-corrected chi connectivity index (χ0v) is 19.9. The summed E-state index contributed by atoms with van der Waals surface area (Å²) in [6.07, 6.45) is 2.85. The van der Waals surface area contributed by atoms with Gasteiger partial charge in [0, 0.05) is 45.0 Å². The van der Waals surface area contributed by atoms with Crippen LogP contribution in [0.15, 0.2) is 54.7 Å². The number of rotatable bonds is 10. The van der Waals surface area contributed by atoms with Gasteiger partial charge in [-0.2, -0.15) is 0 Å². The Hall–Kier alpha value is -2.58. The number of anilines is 1. The molecule has 1 aliphatic heterocycles. The van der Waals surface area contributed by atoms with Crippen molar-refractivity contribution in [3.05, 3.63) is 71.0 Å². The Balaban J connectivity index is 1.41. The standard InChI is InChI=1S/C25H32ClN7/c1-19-23(26)25(32-24(31-19)21-10-5-6-11-28-21)30-18-22(20-8-3-2-4-9-20)29-12-7-15-33-16-13-27-14-17-33/h2-6,8-11,22,27,29H,7,12-18H2,1H3,(H,30,31,32)/t22-/m0/s1. The predicted octanol–water partition coefficient (Wildman–Crippen LogP) is 3.54. The molecular weight excluding hydrogens is 434 g/mol. The highest BCUT2D eigenvalue weighted by molar-refractivity contribution is 6.33. The second-order valence-electron chi connectivity index (χ2n) is 8.25. The summed E-state index contributed by atoms with van der Waals surface area (Å²) in [5.41, 5.74) is 2.69. The fourth-order valence-corrected chi connectivity index (χ4v) is 4.14. The lowest BCUT2D eigenvalue weighted by atomic mass is 10.1. The van der Waals surface area contributed by atoms with Crippen molar-refractivity contribution in [1.29, 1.82) is 0 Å². The first-order chi connectivity index (χ1) is 16.2. The summed E-state index contributed by atoms with van der Waals surface area (Å²) in [4.78, 5) is 16.1. The van der Waals surface area contributed by atoms with Crippen molar-refractivity contribution in [2.24, 2.45) is 0 Å². The van der Waals surface area contributed by atoms with Crippen LogP contribution in [0.25, 0.3) is 11.5 Å². The van der Waals surface area contributed by atoms with Crippen LogP contribution in [-0.4, -0.2) is 65.7 Å². The van der Waals surface area contributed by atoms with E-state index in [-0.39, 0.29) is 6.04 Å². The summed E-state index contributed by atoms with van der Waals surface area (Å²) in [5.74, 6) is 1.20. The minimum Gasteiger partial charge on any atom is -0.367 e. The fraction of sp³-hybridized carbons (Fsp3) is 0.400. The third-order valence-electron chi connectivity index (χ3n) is 5.84. The van der Waals surface area contributed by atoms with Crippen LogP contribution < -0.4 is 16.0 Å². The molecule has 0 unspecified atom stereocenters. The van der Waals surface area contributed by atoms with Crippen LogP contribution in [0, 0.1) is 6.92 Å². The molecule has 2 aromatic heterocycles. The smallest absolute Gasteiger partial charge is 0.180 e. The van der Waals surface area contributed by atoms with Crippen molar-refractivity contribution in [3.8, 4) is 11.5 Å². The van der Waals surface area contributed by atoms with Crippen molar-refractivity contribution < 1.29 is 0 Å². The fourth-order valence-electron chi connectivity index (χ4n) is 3.99. The number of nitrogens with zero attached hydrogens (tertiary/aromatic N) is 4.